The smallest absolute Gasteiger partial charge is 0.275 e. The molecule has 6 nitrogen and oxygen atoms in total. The molecule has 6 heteroatoms. The van der Waals surface area contributed by atoms with E-state index in [0.29, 0.717) is 5.82 Å². The lowest BCUT2D eigenvalue weighted by atomic mass is 10.2. The van der Waals surface area contributed by atoms with Gasteiger partial charge in [-0.05, 0) is 50.2 Å². The first kappa shape index (κ1) is 18.4. The molecule has 0 saturated heterocycles. The number of para-hydroxylation sites is 1. The van der Waals surface area contributed by atoms with Crippen LogP contribution in [0.3, 0.4) is 0 Å². The highest BCUT2D eigenvalue weighted by Crippen LogP contribution is 2.20. The Hall–Kier alpha value is -3.41. The molecule has 1 heterocycles. The summed E-state index contributed by atoms with van der Waals surface area (Å²) in [7, 11) is 0. The molecule has 0 unspecified atom stereocenters. The fraction of sp³-hybridized carbons (Fsp3) is 0.190. The van der Waals surface area contributed by atoms with Crippen LogP contribution in [0.25, 0.3) is 0 Å². The molecule has 3 aromatic rings. The van der Waals surface area contributed by atoms with Crippen molar-refractivity contribution in [3.8, 4) is 0 Å². The lowest BCUT2D eigenvalue weighted by molar-refractivity contribution is 0.102. The van der Waals surface area contributed by atoms with Gasteiger partial charge >= 0.3 is 0 Å². The zero-order chi connectivity index (χ0) is 19.1. The van der Waals surface area contributed by atoms with Crippen LogP contribution < -0.4 is 15.5 Å². The number of hydrogen-bond acceptors (Lipinski definition) is 5. The second-order valence-electron chi connectivity index (χ2n) is 5.95. The monoisotopic (exact) mass is 361 g/mol. The molecule has 1 aromatic heterocycles. The lowest BCUT2D eigenvalue weighted by Gasteiger charge is -2.21. The van der Waals surface area contributed by atoms with Crippen molar-refractivity contribution < 1.29 is 4.79 Å². The highest BCUT2D eigenvalue weighted by atomic mass is 16.1. The van der Waals surface area contributed by atoms with Gasteiger partial charge in [0, 0.05) is 30.2 Å². The zero-order valence-corrected chi connectivity index (χ0v) is 15.5. The van der Waals surface area contributed by atoms with Gasteiger partial charge in [-0.25, -0.2) is 9.97 Å². The van der Waals surface area contributed by atoms with E-state index in [1.165, 1.54) is 11.9 Å². The summed E-state index contributed by atoms with van der Waals surface area (Å²) in [6.07, 6.45) is 3.02. The molecule has 3 rings (SSSR count). The maximum Gasteiger partial charge on any atom is 0.275 e. The minimum Gasteiger partial charge on any atom is -0.372 e. The van der Waals surface area contributed by atoms with Crippen LogP contribution in [0, 0.1) is 0 Å². The van der Waals surface area contributed by atoms with E-state index >= 15 is 0 Å². The predicted octanol–water partition coefficient (Wildman–Crippen LogP) is 4.32. The molecule has 0 spiro atoms. The largest absolute Gasteiger partial charge is 0.372 e. The number of hydrogen-bond donors (Lipinski definition) is 2. The molecule has 0 fully saturated rings. The zero-order valence-electron chi connectivity index (χ0n) is 15.5. The van der Waals surface area contributed by atoms with Crippen LogP contribution in [0.15, 0.2) is 67.0 Å². The Kier molecular flexibility index (Phi) is 5.99. The number of rotatable bonds is 7. The van der Waals surface area contributed by atoms with Gasteiger partial charge in [-0.1, -0.05) is 18.2 Å². The highest BCUT2D eigenvalue weighted by Gasteiger charge is 2.08. The minimum atomic E-state index is -0.288. The molecule has 138 valence electrons. The van der Waals surface area contributed by atoms with Crippen molar-refractivity contribution in [2.24, 2.45) is 0 Å². The first-order valence-corrected chi connectivity index (χ1v) is 9.00. The number of nitrogens with zero attached hydrogens (tertiary/aromatic N) is 3. The maximum atomic E-state index is 12.2. The molecule has 0 aliphatic rings. The second-order valence-corrected chi connectivity index (χ2v) is 5.95. The molecule has 1 amide bonds. The molecular weight excluding hydrogens is 338 g/mol. The lowest BCUT2D eigenvalue weighted by Crippen LogP contribution is -2.21. The Labute approximate surface area is 159 Å². The van der Waals surface area contributed by atoms with Gasteiger partial charge in [0.1, 0.15) is 11.5 Å². The molecule has 0 bridgehead atoms. The fourth-order valence-corrected chi connectivity index (χ4v) is 2.72. The Morgan fingerprint density at radius 1 is 0.889 bits per heavy atom. The third-order valence-corrected chi connectivity index (χ3v) is 4.18. The molecule has 27 heavy (non-hydrogen) atoms. The second kappa shape index (κ2) is 8.80. The third-order valence-electron chi connectivity index (χ3n) is 4.18. The van der Waals surface area contributed by atoms with Gasteiger partial charge in [0.2, 0.25) is 0 Å². The average molecular weight is 361 g/mol. The number of amides is 1. The van der Waals surface area contributed by atoms with Gasteiger partial charge in [-0.2, -0.15) is 0 Å². The van der Waals surface area contributed by atoms with Crippen LogP contribution in [-0.2, 0) is 0 Å². The fourth-order valence-electron chi connectivity index (χ4n) is 2.72. The summed E-state index contributed by atoms with van der Waals surface area (Å²) in [4.78, 5) is 23.0. The van der Waals surface area contributed by atoms with E-state index < -0.39 is 0 Å². The van der Waals surface area contributed by atoms with Gasteiger partial charge in [0.25, 0.3) is 5.91 Å². The molecule has 0 radical (unpaired) electrons. The van der Waals surface area contributed by atoms with Crippen molar-refractivity contribution in [2.75, 3.05) is 28.6 Å². The minimum absolute atomic E-state index is 0.265. The Morgan fingerprint density at radius 2 is 1.59 bits per heavy atom. The van der Waals surface area contributed by atoms with Crippen LogP contribution in [0.5, 0.6) is 0 Å². The molecule has 0 saturated carbocycles. The summed E-state index contributed by atoms with van der Waals surface area (Å²) in [5, 5.41) is 5.99. The van der Waals surface area contributed by atoms with E-state index in [-0.39, 0.29) is 11.6 Å². The quantitative estimate of drug-likeness (QED) is 0.656. The van der Waals surface area contributed by atoms with Crippen molar-refractivity contribution >= 4 is 28.8 Å². The third kappa shape index (κ3) is 4.82. The number of carbonyl (C=O) groups is 1. The van der Waals surface area contributed by atoms with Crippen molar-refractivity contribution in [3.63, 3.8) is 0 Å². The summed E-state index contributed by atoms with van der Waals surface area (Å²) < 4.78 is 0. The summed E-state index contributed by atoms with van der Waals surface area (Å²) in [6, 6.07) is 17.4. The van der Waals surface area contributed by atoms with Crippen LogP contribution >= 0.6 is 0 Å². The molecular formula is C21H23N5O. The van der Waals surface area contributed by atoms with Crippen LogP contribution in [0.1, 0.15) is 24.3 Å². The normalized spacial score (nSPS) is 10.3. The predicted molar refractivity (Wildman–Crippen MR) is 110 cm³/mol. The van der Waals surface area contributed by atoms with Crippen LogP contribution in [-0.4, -0.2) is 29.0 Å². The number of aromatic nitrogens is 2. The van der Waals surface area contributed by atoms with Gasteiger partial charge < -0.3 is 15.5 Å². The molecule has 0 aliphatic carbocycles. The van der Waals surface area contributed by atoms with E-state index in [2.05, 4.69) is 51.5 Å². The SMILES string of the molecule is CCN(CC)c1ccc(Nc2cnc(C(=O)Nc3ccccc3)cn2)cc1. The molecule has 0 aliphatic heterocycles. The number of anilines is 4. The van der Waals surface area contributed by atoms with Crippen molar-refractivity contribution in [1.82, 2.24) is 9.97 Å². The first-order valence-electron chi connectivity index (χ1n) is 9.00. The summed E-state index contributed by atoms with van der Waals surface area (Å²) in [5.41, 5.74) is 3.09. The molecule has 0 atom stereocenters. The topological polar surface area (TPSA) is 70.2 Å². The van der Waals surface area contributed by atoms with Gasteiger partial charge in [-0.15, -0.1) is 0 Å². The standard InChI is InChI=1S/C21H23N5O/c1-3-26(4-2)18-12-10-17(11-13-18)24-20-15-22-19(14-23-20)21(27)25-16-8-6-5-7-9-16/h5-15H,3-4H2,1-2H3,(H,23,24)(H,25,27). The van der Waals surface area contributed by atoms with E-state index in [4.69, 9.17) is 0 Å². The van der Waals surface area contributed by atoms with Crippen LogP contribution in [0.2, 0.25) is 0 Å². The van der Waals surface area contributed by atoms with Crippen molar-refractivity contribution in [3.05, 3.63) is 72.7 Å². The highest BCUT2D eigenvalue weighted by molar-refractivity contribution is 6.02. The average Bonchev–Trinajstić information content (AvgIpc) is 2.71. The molecule has 2 aromatic carbocycles. The maximum absolute atomic E-state index is 12.2. The number of carbonyl (C=O) groups excluding carboxylic acids is 1. The number of benzene rings is 2. The first-order chi connectivity index (χ1) is 13.2. The van der Waals surface area contributed by atoms with Crippen molar-refractivity contribution in [2.45, 2.75) is 13.8 Å². The Balaban J connectivity index is 1.63. The molecule has 2 N–H and O–H groups in total. The summed E-state index contributed by atoms with van der Waals surface area (Å²) >= 11 is 0. The van der Waals surface area contributed by atoms with E-state index in [0.717, 1.165) is 24.5 Å². The Morgan fingerprint density at radius 3 is 2.19 bits per heavy atom. The number of nitrogens with one attached hydrogen (secondary N) is 2. The van der Waals surface area contributed by atoms with Gasteiger partial charge in [-0.3, -0.25) is 4.79 Å². The van der Waals surface area contributed by atoms with Crippen molar-refractivity contribution in [1.29, 1.82) is 0 Å². The Bertz CT molecular complexity index is 859. The van der Waals surface area contributed by atoms with Crippen LogP contribution in [0.4, 0.5) is 22.9 Å². The summed E-state index contributed by atoms with van der Waals surface area (Å²) in [5.74, 6) is 0.297. The van der Waals surface area contributed by atoms with Gasteiger partial charge in [0.15, 0.2) is 0 Å². The summed E-state index contributed by atoms with van der Waals surface area (Å²) in [6.45, 7) is 6.23. The van der Waals surface area contributed by atoms with E-state index in [9.17, 15) is 4.79 Å². The van der Waals surface area contributed by atoms with E-state index in [1.807, 2.05) is 42.5 Å². The van der Waals surface area contributed by atoms with E-state index in [1.54, 1.807) is 6.20 Å². The van der Waals surface area contributed by atoms with Gasteiger partial charge in [0.05, 0.1) is 12.4 Å².